The van der Waals surface area contributed by atoms with Crippen LogP contribution in [0.15, 0.2) is 24.3 Å². The number of ether oxygens (including phenoxy) is 2. The van der Waals surface area contributed by atoms with Crippen molar-refractivity contribution >= 4 is 0 Å². The third kappa shape index (κ3) is 3.20. The summed E-state index contributed by atoms with van der Waals surface area (Å²) in [6.07, 6.45) is 0.0309. The molecule has 4 heteroatoms. The maximum absolute atomic E-state index is 5.55. The molecule has 0 spiro atoms. The largest absolute Gasteiger partial charge is 0.497 e. The molecule has 90 valence electrons. The van der Waals surface area contributed by atoms with Crippen molar-refractivity contribution in [3.8, 4) is 5.75 Å². The van der Waals surface area contributed by atoms with E-state index in [1.165, 1.54) is 0 Å². The molecule has 0 saturated carbocycles. The smallest absolute Gasteiger partial charge is 0.118 e. The first-order valence-corrected chi connectivity index (χ1v) is 5.44. The lowest BCUT2D eigenvalue weighted by Gasteiger charge is -2.23. The molecule has 0 bridgehead atoms. The molecular weight excluding hydrogens is 204 g/mol. The molecule has 0 fully saturated rings. The quantitative estimate of drug-likeness (QED) is 0.569. The molecule has 0 aromatic heterocycles. The minimum atomic E-state index is -0.00847. The van der Waals surface area contributed by atoms with Gasteiger partial charge in [-0.3, -0.25) is 11.3 Å². The normalized spacial score (nSPS) is 14.5. The molecule has 16 heavy (non-hydrogen) atoms. The van der Waals surface area contributed by atoms with E-state index in [4.69, 9.17) is 15.3 Å². The van der Waals surface area contributed by atoms with Crippen LogP contribution < -0.4 is 16.0 Å². The van der Waals surface area contributed by atoms with Gasteiger partial charge >= 0.3 is 0 Å². The standard InChI is InChI=1S/C12H20N2O2/c1-4-16-9(2)12(14-13)10-5-7-11(15-3)8-6-10/h5-9,12,14H,4,13H2,1-3H3. The Bertz CT molecular complexity index is 300. The summed E-state index contributed by atoms with van der Waals surface area (Å²) in [7, 11) is 1.65. The van der Waals surface area contributed by atoms with E-state index < -0.39 is 0 Å². The molecule has 1 rings (SSSR count). The van der Waals surface area contributed by atoms with Gasteiger partial charge in [0.1, 0.15) is 5.75 Å². The molecule has 4 nitrogen and oxygen atoms in total. The van der Waals surface area contributed by atoms with Gasteiger partial charge in [0.15, 0.2) is 0 Å². The number of methoxy groups -OCH3 is 1. The van der Waals surface area contributed by atoms with Crippen molar-refractivity contribution in [3.63, 3.8) is 0 Å². The van der Waals surface area contributed by atoms with Gasteiger partial charge in [-0.05, 0) is 31.5 Å². The molecule has 3 N–H and O–H groups in total. The van der Waals surface area contributed by atoms with E-state index in [0.29, 0.717) is 6.61 Å². The molecule has 0 aliphatic rings. The molecule has 1 aromatic rings. The van der Waals surface area contributed by atoms with Gasteiger partial charge in [0.05, 0.1) is 19.3 Å². The summed E-state index contributed by atoms with van der Waals surface area (Å²) >= 11 is 0. The van der Waals surface area contributed by atoms with E-state index in [2.05, 4.69) is 5.43 Å². The van der Waals surface area contributed by atoms with Gasteiger partial charge in [-0.15, -0.1) is 0 Å². The number of nitrogens with one attached hydrogen (secondary N) is 1. The monoisotopic (exact) mass is 224 g/mol. The Morgan fingerprint density at radius 1 is 1.31 bits per heavy atom. The Morgan fingerprint density at radius 3 is 2.38 bits per heavy atom. The van der Waals surface area contributed by atoms with Crippen LogP contribution in [0.1, 0.15) is 25.5 Å². The lowest BCUT2D eigenvalue weighted by molar-refractivity contribution is 0.0472. The van der Waals surface area contributed by atoms with Gasteiger partial charge in [-0.25, -0.2) is 0 Å². The van der Waals surface area contributed by atoms with E-state index in [1.807, 2.05) is 38.1 Å². The van der Waals surface area contributed by atoms with Crippen molar-refractivity contribution in [2.24, 2.45) is 5.84 Å². The Kier molecular flexibility index (Phi) is 5.25. The molecule has 0 amide bonds. The fourth-order valence-corrected chi connectivity index (χ4v) is 1.67. The minimum Gasteiger partial charge on any atom is -0.497 e. The number of nitrogens with two attached hydrogens (primary N) is 1. The minimum absolute atomic E-state index is 0.00847. The van der Waals surface area contributed by atoms with Crippen LogP contribution in [0.25, 0.3) is 0 Å². The third-order valence-electron chi connectivity index (χ3n) is 2.55. The topological polar surface area (TPSA) is 56.5 Å². The van der Waals surface area contributed by atoms with Crippen LogP contribution in [0.5, 0.6) is 5.75 Å². The second-order valence-corrected chi connectivity index (χ2v) is 3.58. The summed E-state index contributed by atoms with van der Waals surface area (Å²) in [5.74, 6) is 6.38. The predicted molar refractivity (Wildman–Crippen MR) is 64.1 cm³/mol. The van der Waals surface area contributed by atoms with E-state index in [9.17, 15) is 0 Å². The Morgan fingerprint density at radius 2 is 1.94 bits per heavy atom. The Balaban J connectivity index is 2.78. The highest BCUT2D eigenvalue weighted by Gasteiger charge is 2.17. The first kappa shape index (κ1) is 13.0. The number of hydrogen-bond donors (Lipinski definition) is 2. The Labute approximate surface area is 96.7 Å². The summed E-state index contributed by atoms with van der Waals surface area (Å²) in [4.78, 5) is 0. The average Bonchev–Trinajstić information content (AvgIpc) is 2.31. The zero-order valence-corrected chi connectivity index (χ0v) is 10.1. The summed E-state index contributed by atoms with van der Waals surface area (Å²) in [5.41, 5.74) is 3.86. The molecule has 2 atom stereocenters. The predicted octanol–water partition coefficient (Wildman–Crippen LogP) is 1.62. The highest BCUT2D eigenvalue weighted by molar-refractivity contribution is 5.29. The summed E-state index contributed by atoms with van der Waals surface area (Å²) in [5, 5.41) is 0. The Hall–Kier alpha value is -1.10. The van der Waals surface area contributed by atoms with Gasteiger partial charge < -0.3 is 9.47 Å². The van der Waals surface area contributed by atoms with Crippen molar-refractivity contribution in [1.82, 2.24) is 5.43 Å². The van der Waals surface area contributed by atoms with Gasteiger partial charge in [-0.2, -0.15) is 0 Å². The van der Waals surface area contributed by atoms with Crippen LogP contribution in [0.2, 0.25) is 0 Å². The van der Waals surface area contributed by atoms with Gasteiger partial charge in [-0.1, -0.05) is 12.1 Å². The highest BCUT2D eigenvalue weighted by atomic mass is 16.5. The lowest BCUT2D eigenvalue weighted by Crippen LogP contribution is -2.36. The van der Waals surface area contributed by atoms with Crippen molar-refractivity contribution in [3.05, 3.63) is 29.8 Å². The fourth-order valence-electron chi connectivity index (χ4n) is 1.67. The number of rotatable bonds is 6. The van der Waals surface area contributed by atoms with E-state index in [0.717, 1.165) is 11.3 Å². The lowest BCUT2D eigenvalue weighted by atomic mass is 10.0. The maximum Gasteiger partial charge on any atom is 0.118 e. The number of hydrazine groups is 1. The highest BCUT2D eigenvalue weighted by Crippen LogP contribution is 2.21. The first-order chi connectivity index (χ1) is 7.72. The van der Waals surface area contributed by atoms with Gasteiger partial charge in [0.25, 0.3) is 0 Å². The molecule has 0 aliphatic carbocycles. The molecule has 0 heterocycles. The number of benzene rings is 1. The van der Waals surface area contributed by atoms with E-state index in [-0.39, 0.29) is 12.1 Å². The first-order valence-electron chi connectivity index (χ1n) is 5.44. The van der Waals surface area contributed by atoms with Crippen LogP contribution in [0.3, 0.4) is 0 Å². The maximum atomic E-state index is 5.55. The molecule has 2 unspecified atom stereocenters. The fraction of sp³-hybridized carbons (Fsp3) is 0.500. The second kappa shape index (κ2) is 6.48. The molecule has 1 aromatic carbocycles. The third-order valence-corrected chi connectivity index (χ3v) is 2.55. The van der Waals surface area contributed by atoms with Crippen molar-refractivity contribution < 1.29 is 9.47 Å². The summed E-state index contributed by atoms with van der Waals surface area (Å²) < 4.78 is 10.6. The molecule has 0 aliphatic heterocycles. The molecular formula is C12H20N2O2. The van der Waals surface area contributed by atoms with E-state index >= 15 is 0 Å². The zero-order chi connectivity index (χ0) is 12.0. The van der Waals surface area contributed by atoms with Crippen LogP contribution in [0, 0.1) is 0 Å². The second-order valence-electron chi connectivity index (χ2n) is 3.58. The van der Waals surface area contributed by atoms with Crippen molar-refractivity contribution in [2.45, 2.75) is 26.0 Å². The summed E-state index contributed by atoms with van der Waals surface area (Å²) in [6, 6.07) is 7.79. The van der Waals surface area contributed by atoms with Crippen LogP contribution in [-0.4, -0.2) is 19.8 Å². The van der Waals surface area contributed by atoms with Crippen LogP contribution in [-0.2, 0) is 4.74 Å². The van der Waals surface area contributed by atoms with Crippen LogP contribution >= 0.6 is 0 Å². The summed E-state index contributed by atoms with van der Waals surface area (Å²) in [6.45, 7) is 4.64. The number of hydrogen-bond acceptors (Lipinski definition) is 4. The SMILES string of the molecule is CCOC(C)C(NN)c1ccc(OC)cc1. The zero-order valence-electron chi connectivity index (χ0n) is 10.1. The van der Waals surface area contributed by atoms with Crippen molar-refractivity contribution in [2.75, 3.05) is 13.7 Å². The average molecular weight is 224 g/mol. The van der Waals surface area contributed by atoms with Gasteiger partial charge in [0, 0.05) is 6.61 Å². The molecule has 0 saturated heterocycles. The van der Waals surface area contributed by atoms with Gasteiger partial charge in [0.2, 0.25) is 0 Å². The van der Waals surface area contributed by atoms with Crippen LogP contribution in [0.4, 0.5) is 0 Å². The van der Waals surface area contributed by atoms with Crippen molar-refractivity contribution in [1.29, 1.82) is 0 Å². The van der Waals surface area contributed by atoms with E-state index in [1.54, 1.807) is 7.11 Å². The molecule has 0 radical (unpaired) electrons.